The van der Waals surface area contributed by atoms with E-state index >= 15 is 0 Å². The summed E-state index contributed by atoms with van der Waals surface area (Å²) in [6.45, 7) is 2.04. The quantitative estimate of drug-likeness (QED) is 0.804. The van der Waals surface area contributed by atoms with Gasteiger partial charge in [-0.1, -0.05) is 13.0 Å². The van der Waals surface area contributed by atoms with E-state index < -0.39 is 5.97 Å². The van der Waals surface area contributed by atoms with Gasteiger partial charge in [0.2, 0.25) is 0 Å². The summed E-state index contributed by atoms with van der Waals surface area (Å²) in [5, 5.41) is 9.10. The smallest absolute Gasteiger partial charge is 0.335 e. The molecule has 0 bridgehead atoms. The van der Waals surface area contributed by atoms with E-state index in [2.05, 4.69) is 0 Å². The zero-order valence-corrected chi connectivity index (χ0v) is 9.05. The third kappa shape index (κ3) is 1.76. The van der Waals surface area contributed by atoms with Crippen LogP contribution in [0, 0.1) is 0 Å². The first kappa shape index (κ1) is 10.2. The highest BCUT2D eigenvalue weighted by Gasteiger charge is 2.18. The molecule has 2 heteroatoms. The van der Waals surface area contributed by atoms with E-state index in [0.717, 1.165) is 24.8 Å². The average Bonchev–Trinajstić information content (AvgIpc) is 2.27. The number of aryl methyl sites for hydroxylation is 1. The van der Waals surface area contributed by atoms with E-state index in [1.54, 1.807) is 6.07 Å². The second-order valence-corrected chi connectivity index (χ2v) is 4.10. The molecular weight excluding hydrogens is 188 g/mol. The van der Waals surface area contributed by atoms with Gasteiger partial charge in [0, 0.05) is 0 Å². The molecule has 2 nitrogen and oxygen atoms in total. The van der Waals surface area contributed by atoms with Gasteiger partial charge in [-0.25, -0.2) is 4.79 Å². The molecule has 1 aliphatic carbocycles. The van der Waals surface area contributed by atoms with Gasteiger partial charge in [-0.3, -0.25) is 0 Å². The van der Waals surface area contributed by atoms with Crippen LogP contribution in [0.3, 0.4) is 0 Å². The van der Waals surface area contributed by atoms with Crippen molar-refractivity contribution >= 4 is 5.97 Å². The summed E-state index contributed by atoms with van der Waals surface area (Å²) in [5.74, 6) is -0.791. The van der Waals surface area contributed by atoms with Crippen LogP contribution in [0.1, 0.15) is 46.8 Å². The minimum atomic E-state index is -0.791. The number of aromatic carboxylic acids is 1. The predicted molar refractivity (Wildman–Crippen MR) is 59.4 cm³/mol. The number of carbonyl (C=O) groups is 1. The van der Waals surface area contributed by atoms with Gasteiger partial charge in [-0.2, -0.15) is 0 Å². The van der Waals surface area contributed by atoms with Gasteiger partial charge in [0.1, 0.15) is 0 Å². The summed E-state index contributed by atoms with van der Waals surface area (Å²) in [6, 6.07) is 3.77. The van der Waals surface area contributed by atoms with Crippen molar-refractivity contribution < 1.29 is 9.90 Å². The van der Waals surface area contributed by atoms with E-state index in [0.29, 0.717) is 5.56 Å². The van der Waals surface area contributed by atoms with Crippen molar-refractivity contribution in [3.63, 3.8) is 0 Å². The summed E-state index contributed by atoms with van der Waals surface area (Å²) >= 11 is 0. The Kier molecular flexibility index (Phi) is 2.76. The molecule has 0 saturated heterocycles. The number of benzene rings is 1. The molecule has 0 spiro atoms. The van der Waals surface area contributed by atoms with Crippen LogP contribution in [-0.4, -0.2) is 11.1 Å². The molecule has 0 saturated carbocycles. The van der Waals surface area contributed by atoms with Crippen molar-refractivity contribution in [3.05, 3.63) is 34.4 Å². The minimum absolute atomic E-state index is 0.498. The van der Waals surface area contributed by atoms with E-state index in [4.69, 9.17) is 5.11 Å². The highest BCUT2D eigenvalue weighted by molar-refractivity contribution is 5.90. The lowest BCUT2D eigenvalue weighted by Crippen LogP contribution is -2.11. The van der Waals surface area contributed by atoms with Gasteiger partial charge in [-0.05, 0) is 54.9 Å². The van der Waals surface area contributed by atoms with Crippen LogP contribution in [0.5, 0.6) is 0 Å². The largest absolute Gasteiger partial charge is 0.478 e. The van der Waals surface area contributed by atoms with Gasteiger partial charge >= 0.3 is 5.97 Å². The molecular formula is C13H16O2. The summed E-state index contributed by atoms with van der Waals surface area (Å²) in [4.78, 5) is 11.1. The van der Waals surface area contributed by atoms with Crippen LogP contribution < -0.4 is 0 Å². The summed E-state index contributed by atoms with van der Waals surface area (Å²) in [6.07, 6.45) is 5.43. The molecule has 0 aromatic heterocycles. The maximum absolute atomic E-state index is 11.1. The number of carboxylic acid groups (broad SMARTS) is 1. The molecule has 15 heavy (non-hydrogen) atoms. The van der Waals surface area contributed by atoms with Gasteiger partial charge < -0.3 is 5.11 Å². The van der Waals surface area contributed by atoms with E-state index in [9.17, 15) is 4.79 Å². The Labute approximate surface area is 89.9 Å². The molecule has 0 heterocycles. The molecule has 0 aliphatic heterocycles. The third-order valence-corrected chi connectivity index (χ3v) is 3.24. The number of hydrogen-bond donors (Lipinski definition) is 1. The Bertz CT molecular complexity index is 394. The monoisotopic (exact) mass is 204 g/mol. The first-order valence-electron chi connectivity index (χ1n) is 5.61. The standard InChI is InChI=1S/C13H16O2/c1-2-10-11-6-4-3-5-9(11)7-8-12(10)13(14)15/h7-8H,2-6H2,1H3,(H,14,15). The van der Waals surface area contributed by atoms with Crippen LogP contribution in [0.4, 0.5) is 0 Å². The lowest BCUT2D eigenvalue weighted by molar-refractivity contribution is 0.0695. The van der Waals surface area contributed by atoms with Crippen LogP contribution in [0.25, 0.3) is 0 Å². The molecule has 0 radical (unpaired) electrons. The molecule has 1 aliphatic rings. The van der Waals surface area contributed by atoms with Crippen molar-refractivity contribution in [3.8, 4) is 0 Å². The highest BCUT2D eigenvalue weighted by Crippen LogP contribution is 2.27. The van der Waals surface area contributed by atoms with Gasteiger partial charge in [-0.15, -0.1) is 0 Å². The number of hydrogen-bond acceptors (Lipinski definition) is 1. The number of fused-ring (bicyclic) bond motifs is 1. The van der Waals surface area contributed by atoms with E-state index in [1.807, 2.05) is 13.0 Å². The number of rotatable bonds is 2. The normalized spacial score (nSPS) is 14.7. The SMILES string of the molecule is CCc1c(C(=O)O)ccc2c1CCCC2. The molecule has 0 atom stereocenters. The van der Waals surface area contributed by atoms with Crippen LogP contribution in [0.15, 0.2) is 12.1 Å². The van der Waals surface area contributed by atoms with E-state index in [-0.39, 0.29) is 0 Å². The van der Waals surface area contributed by atoms with Crippen molar-refractivity contribution in [2.45, 2.75) is 39.0 Å². The van der Waals surface area contributed by atoms with Crippen molar-refractivity contribution in [2.24, 2.45) is 0 Å². The predicted octanol–water partition coefficient (Wildman–Crippen LogP) is 2.83. The zero-order chi connectivity index (χ0) is 10.8. The minimum Gasteiger partial charge on any atom is -0.478 e. The molecule has 2 rings (SSSR count). The van der Waals surface area contributed by atoms with Crippen molar-refractivity contribution in [1.82, 2.24) is 0 Å². The molecule has 1 N–H and O–H groups in total. The summed E-state index contributed by atoms with van der Waals surface area (Å²) in [7, 11) is 0. The molecule has 0 fully saturated rings. The fourth-order valence-electron chi connectivity index (χ4n) is 2.51. The first-order valence-corrected chi connectivity index (χ1v) is 5.61. The zero-order valence-electron chi connectivity index (χ0n) is 9.05. The molecule has 80 valence electrons. The van der Waals surface area contributed by atoms with Crippen LogP contribution >= 0.6 is 0 Å². The Balaban J connectivity index is 2.56. The Hall–Kier alpha value is -1.31. The van der Waals surface area contributed by atoms with Gasteiger partial charge in [0.15, 0.2) is 0 Å². The van der Waals surface area contributed by atoms with Gasteiger partial charge in [0.05, 0.1) is 5.56 Å². The lowest BCUT2D eigenvalue weighted by atomic mass is 9.85. The molecule has 1 aromatic carbocycles. The molecule has 1 aromatic rings. The molecule has 0 amide bonds. The second-order valence-electron chi connectivity index (χ2n) is 4.10. The topological polar surface area (TPSA) is 37.3 Å². The number of carboxylic acids is 1. The first-order chi connectivity index (χ1) is 7.24. The lowest BCUT2D eigenvalue weighted by Gasteiger charge is -2.20. The third-order valence-electron chi connectivity index (χ3n) is 3.24. The summed E-state index contributed by atoms with van der Waals surface area (Å²) < 4.78 is 0. The van der Waals surface area contributed by atoms with Crippen LogP contribution in [0.2, 0.25) is 0 Å². The molecule has 0 unspecified atom stereocenters. The van der Waals surface area contributed by atoms with Crippen molar-refractivity contribution in [2.75, 3.05) is 0 Å². The highest BCUT2D eigenvalue weighted by atomic mass is 16.4. The Morgan fingerprint density at radius 2 is 2.07 bits per heavy atom. The summed E-state index contributed by atoms with van der Waals surface area (Å²) in [5.41, 5.74) is 4.23. The Morgan fingerprint density at radius 3 is 2.73 bits per heavy atom. The van der Waals surface area contributed by atoms with Gasteiger partial charge in [0.25, 0.3) is 0 Å². The fraction of sp³-hybridized carbons (Fsp3) is 0.462. The fourth-order valence-corrected chi connectivity index (χ4v) is 2.51. The maximum Gasteiger partial charge on any atom is 0.335 e. The average molecular weight is 204 g/mol. The Morgan fingerprint density at radius 1 is 1.33 bits per heavy atom. The van der Waals surface area contributed by atoms with Crippen LogP contribution in [-0.2, 0) is 19.3 Å². The second kappa shape index (κ2) is 4.05. The van der Waals surface area contributed by atoms with E-state index in [1.165, 1.54) is 24.0 Å². The maximum atomic E-state index is 11.1. The van der Waals surface area contributed by atoms with Crippen molar-refractivity contribution in [1.29, 1.82) is 0 Å².